The Bertz CT molecular complexity index is 746. The molecule has 0 aliphatic carbocycles. The van der Waals surface area contributed by atoms with E-state index in [0.29, 0.717) is 11.6 Å². The fourth-order valence-electron chi connectivity index (χ4n) is 2.25. The second kappa shape index (κ2) is 5.40. The molecule has 2 N–H and O–H groups in total. The lowest BCUT2D eigenvalue weighted by molar-refractivity contribution is 1.09. The summed E-state index contributed by atoms with van der Waals surface area (Å²) in [7, 11) is 3.79. The average Bonchev–Trinajstić information content (AvgIpc) is 3.01. The third-order valence-corrected chi connectivity index (χ3v) is 3.54. The van der Waals surface area contributed by atoms with Crippen LogP contribution in [-0.2, 0) is 6.42 Å². The normalized spacial score (nSPS) is 10.8. The number of hydrogen-bond donors (Lipinski definition) is 2. The van der Waals surface area contributed by atoms with Gasteiger partial charge in [-0.25, -0.2) is 4.98 Å². The van der Waals surface area contributed by atoms with Gasteiger partial charge in [-0.15, -0.1) is 0 Å². The van der Waals surface area contributed by atoms with E-state index in [0.717, 1.165) is 23.4 Å². The minimum Gasteiger partial charge on any atom is -0.357 e. The lowest BCUT2D eigenvalue weighted by Gasteiger charge is -2.19. The number of rotatable bonds is 4. The van der Waals surface area contributed by atoms with Gasteiger partial charge in [0.15, 0.2) is 11.5 Å². The van der Waals surface area contributed by atoms with Crippen molar-refractivity contribution in [1.82, 2.24) is 19.9 Å². The van der Waals surface area contributed by atoms with Crippen LogP contribution in [0.2, 0.25) is 0 Å². The summed E-state index contributed by atoms with van der Waals surface area (Å²) in [5.41, 5.74) is 3.87. The summed E-state index contributed by atoms with van der Waals surface area (Å²) in [6, 6.07) is 8.47. The number of imidazole rings is 1. The third-order valence-electron chi connectivity index (χ3n) is 3.54. The lowest BCUT2D eigenvalue weighted by Crippen LogP contribution is -2.13. The first-order valence-electron chi connectivity index (χ1n) is 6.94. The Balaban J connectivity index is 2.07. The summed E-state index contributed by atoms with van der Waals surface area (Å²) >= 11 is 0. The Labute approximate surface area is 123 Å². The third kappa shape index (κ3) is 2.40. The van der Waals surface area contributed by atoms with Crippen LogP contribution in [0.4, 0.5) is 17.5 Å². The van der Waals surface area contributed by atoms with Crippen LogP contribution in [0.3, 0.4) is 0 Å². The molecule has 1 aromatic carbocycles. The van der Waals surface area contributed by atoms with E-state index in [1.807, 2.05) is 11.9 Å². The Morgan fingerprint density at radius 3 is 2.62 bits per heavy atom. The molecular weight excluding hydrogens is 264 g/mol. The van der Waals surface area contributed by atoms with Crippen molar-refractivity contribution in [3.63, 3.8) is 0 Å². The van der Waals surface area contributed by atoms with Gasteiger partial charge in [0.25, 0.3) is 0 Å². The van der Waals surface area contributed by atoms with Gasteiger partial charge in [-0.2, -0.15) is 9.97 Å². The molecule has 3 rings (SSSR count). The number of nitrogens with one attached hydrogen (secondary N) is 2. The highest BCUT2D eigenvalue weighted by atomic mass is 15.2. The fourth-order valence-corrected chi connectivity index (χ4v) is 2.25. The maximum absolute atomic E-state index is 4.54. The van der Waals surface area contributed by atoms with E-state index in [1.165, 1.54) is 5.56 Å². The fraction of sp³-hybridized carbons (Fsp3) is 0.267. The maximum Gasteiger partial charge on any atom is 0.226 e. The molecule has 0 atom stereocenters. The molecular formula is C15H18N6. The van der Waals surface area contributed by atoms with Gasteiger partial charge in [0.05, 0.1) is 6.33 Å². The van der Waals surface area contributed by atoms with Crippen molar-refractivity contribution < 1.29 is 0 Å². The minimum absolute atomic E-state index is 0.557. The minimum atomic E-state index is 0.557. The molecule has 0 bridgehead atoms. The average molecular weight is 282 g/mol. The summed E-state index contributed by atoms with van der Waals surface area (Å²) in [5.74, 6) is 1.35. The monoisotopic (exact) mass is 282 g/mol. The highest BCUT2D eigenvalue weighted by molar-refractivity contribution is 5.86. The second-order valence-corrected chi connectivity index (χ2v) is 4.80. The number of aryl methyl sites for hydroxylation is 1. The van der Waals surface area contributed by atoms with Crippen LogP contribution in [0.15, 0.2) is 30.6 Å². The van der Waals surface area contributed by atoms with E-state index in [4.69, 9.17) is 0 Å². The predicted molar refractivity (Wildman–Crippen MR) is 85.1 cm³/mol. The molecule has 21 heavy (non-hydrogen) atoms. The number of anilines is 3. The van der Waals surface area contributed by atoms with Crippen molar-refractivity contribution in [3.05, 3.63) is 36.2 Å². The number of aromatic amines is 1. The Morgan fingerprint density at radius 1 is 1.19 bits per heavy atom. The van der Waals surface area contributed by atoms with Gasteiger partial charge in [0, 0.05) is 19.8 Å². The number of aromatic nitrogens is 4. The Kier molecular flexibility index (Phi) is 3.43. The Hall–Kier alpha value is -2.63. The van der Waals surface area contributed by atoms with E-state index in [1.54, 1.807) is 13.4 Å². The van der Waals surface area contributed by atoms with Crippen molar-refractivity contribution in [2.75, 3.05) is 24.3 Å². The maximum atomic E-state index is 4.54. The highest BCUT2D eigenvalue weighted by Gasteiger charge is 2.14. The molecule has 6 nitrogen and oxygen atoms in total. The van der Waals surface area contributed by atoms with Crippen LogP contribution in [0, 0.1) is 0 Å². The van der Waals surface area contributed by atoms with Gasteiger partial charge < -0.3 is 15.2 Å². The summed E-state index contributed by atoms with van der Waals surface area (Å²) in [6.45, 7) is 2.15. The molecule has 0 spiro atoms. The standard InChI is InChI=1S/C15H18N6/c1-4-10-5-7-11(8-6-10)21(3)14-12-13(18-9-17-12)19-15(16-2)20-14/h5-9H,4H2,1-3H3,(H2,16,17,18,19,20). The number of fused-ring (bicyclic) bond motifs is 1. The van der Waals surface area contributed by atoms with Gasteiger partial charge in [-0.3, -0.25) is 0 Å². The first-order chi connectivity index (χ1) is 10.2. The number of benzene rings is 1. The van der Waals surface area contributed by atoms with Crippen LogP contribution in [-0.4, -0.2) is 34.0 Å². The van der Waals surface area contributed by atoms with Gasteiger partial charge in [-0.1, -0.05) is 19.1 Å². The zero-order valence-electron chi connectivity index (χ0n) is 12.4. The molecule has 2 heterocycles. The van der Waals surface area contributed by atoms with Gasteiger partial charge in [0.2, 0.25) is 5.95 Å². The SMILES string of the molecule is CCc1ccc(N(C)c2nc(NC)nc3nc[nH]c23)cc1. The topological polar surface area (TPSA) is 69.7 Å². The zero-order chi connectivity index (χ0) is 14.8. The quantitative estimate of drug-likeness (QED) is 0.770. The van der Waals surface area contributed by atoms with Gasteiger partial charge in [0.1, 0.15) is 5.52 Å². The molecule has 2 aromatic heterocycles. The number of H-pyrrole nitrogens is 1. The summed E-state index contributed by atoms with van der Waals surface area (Å²) < 4.78 is 0. The molecule has 0 amide bonds. The van der Waals surface area contributed by atoms with Crippen molar-refractivity contribution in [3.8, 4) is 0 Å². The van der Waals surface area contributed by atoms with E-state index >= 15 is 0 Å². The predicted octanol–water partition coefficient (Wildman–Crippen LogP) is 2.72. The molecule has 0 aliphatic rings. The van der Waals surface area contributed by atoms with Crippen molar-refractivity contribution >= 4 is 28.6 Å². The number of nitrogens with zero attached hydrogens (tertiary/aromatic N) is 4. The first kappa shape index (κ1) is 13.4. The molecule has 0 fully saturated rings. The largest absolute Gasteiger partial charge is 0.357 e. The van der Waals surface area contributed by atoms with Crippen LogP contribution in [0.5, 0.6) is 0 Å². The molecule has 108 valence electrons. The van der Waals surface area contributed by atoms with Crippen molar-refractivity contribution in [2.45, 2.75) is 13.3 Å². The molecule has 3 aromatic rings. The summed E-state index contributed by atoms with van der Waals surface area (Å²) in [4.78, 5) is 18.2. The molecule has 0 unspecified atom stereocenters. The van der Waals surface area contributed by atoms with E-state index in [2.05, 4.69) is 56.4 Å². The van der Waals surface area contributed by atoms with E-state index < -0.39 is 0 Å². The van der Waals surface area contributed by atoms with E-state index in [-0.39, 0.29) is 0 Å². The zero-order valence-corrected chi connectivity index (χ0v) is 12.4. The van der Waals surface area contributed by atoms with Crippen molar-refractivity contribution in [2.24, 2.45) is 0 Å². The molecule has 0 saturated heterocycles. The highest BCUT2D eigenvalue weighted by Crippen LogP contribution is 2.28. The van der Waals surface area contributed by atoms with Crippen molar-refractivity contribution in [1.29, 1.82) is 0 Å². The molecule has 0 radical (unpaired) electrons. The molecule has 0 aliphatic heterocycles. The Morgan fingerprint density at radius 2 is 1.95 bits per heavy atom. The number of hydrogen-bond acceptors (Lipinski definition) is 5. The van der Waals surface area contributed by atoms with E-state index in [9.17, 15) is 0 Å². The molecule has 0 saturated carbocycles. The second-order valence-electron chi connectivity index (χ2n) is 4.80. The van der Waals surface area contributed by atoms with Crippen LogP contribution < -0.4 is 10.2 Å². The summed E-state index contributed by atoms with van der Waals surface area (Å²) in [5, 5.41) is 2.97. The first-order valence-corrected chi connectivity index (χ1v) is 6.94. The van der Waals surface area contributed by atoms with Crippen LogP contribution >= 0.6 is 0 Å². The molecule has 6 heteroatoms. The van der Waals surface area contributed by atoms with Crippen LogP contribution in [0.25, 0.3) is 11.2 Å². The lowest BCUT2D eigenvalue weighted by atomic mass is 10.1. The van der Waals surface area contributed by atoms with Gasteiger partial charge in [-0.05, 0) is 24.1 Å². The summed E-state index contributed by atoms with van der Waals surface area (Å²) in [6.07, 6.45) is 2.67. The van der Waals surface area contributed by atoms with Gasteiger partial charge >= 0.3 is 0 Å². The van der Waals surface area contributed by atoms with Crippen LogP contribution in [0.1, 0.15) is 12.5 Å². The smallest absolute Gasteiger partial charge is 0.226 e.